The molecule has 318 valence electrons. The van der Waals surface area contributed by atoms with E-state index in [1.807, 2.05) is 103 Å². The number of aromatic nitrogens is 1. The van der Waals surface area contributed by atoms with Gasteiger partial charge in [0.15, 0.2) is 16.9 Å². The van der Waals surface area contributed by atoms with Gasteiger partial charge >= 0.3 is 0 Å². The molecule has 0 N–H and O–H groups in total. The SMILES string of the molecule is [C-]#[N+]c1ccc(N(c2ccc3cc4c5ccc(N(c6ccc(C#N)cc6)c6cccc7c6oc6ccccc67)cc5n(-c5ccc(F)cc5)c4cc3c2)c2cccc3c2oc2ccccc23)cc1. The van der Waals surface area contributed by atoms with Crippen molar-refractivity contribution in [3.8, 4) is 11.8 Å². The fraction of sp³-hybridized carbons (Fsp3) is 0. The van der Waals surface area contributed by atoms with Crippen LogP contribution < -0.4 is 9.80 Å². The average Bonchev–Trinajstić information content (AvgIpc) is 4.07. The molecule has 0 saturated carbocycles. The van der Waals surface area contributed by atoms with E-state index in [9.17, 15) is 9.65 Å². The number of furan rings is 2. The third-order valence-corrected chi connectivity index (χ3v) is 13.0. The summed E-state index contributed by atoms with van der Waals surface area (Å²) < 4.78 is 30.1. The standard InChI is InChI=1S/C60H34FN5O2/c1-63-41-21-28-43(29-22-41)64(53-12-6-10-50-48-8-2-4-14-57(48)67-59(50)53)45-25-18-38-33-52-47-31-30-46(35-56(47)66(55(52)34-39(38)32-45)44-26-19-40(61)20-27-44)65(42-23-16-37(36-62)17-24-42)54-13-7-11-51-49-9-3-5-15-58(49)68-60(51)54/h2-35H. The fourth-order valence-corrected chi connectivity index (χ4v) is 9.92. The molecule has 0 amide bonds. The highest BCUT2D eigenvalue weighted by Gasteiger charge is 2.24. The van der Waals surface area contributed by atoms with Crippen molar-refractivity contribution in [3.05, 3.63) is 229 Å². The first kappa shape index (κ1) is 38.8. The second kappa shape index (κ2) is 15.2. The van der Waals surface area contributed by atoms with Gasteiger partial charge in [-0.15, -0.1) is 0 Å². The molecule has 0 atom stereocenters. The summed E-state index contributed by atoms with van der Waals surface area (Å²) in [6.07, 6.45) is 0. The maximum absolute atomic E-state index is 14.7. The van der Waals surface area contributed by atoms with Crippen LogP contribution in [0.15, 0.2) is 215 Å². The number of hydrogen-bond donors (Lipinski definition) is 0. The quantitative estimate of drug-likeness (QED) is 0.149. The van der Waals surface area contributed by atoms with Crippen molar-refractivity contribution in [2.45, 2.75) is 0 Å². The van der Waals surface area contributed by atoms with Gasteiger partial charge in [0.1, 0.15) is 17.0 Å². The van der Waals surface area contributed by atoms with Gasteiger partial charge in [0, 0.05) is 60.8 Å². The Morgan fingerprint density at radius 3 is 1.63 bits per heavy atom. The maximum Gasteiger partial charge on any atom is 0.187 e. The molecule has 3 aromatic heterocycles. The number of anilines is 6. The lowest BCUT2D eigenvalue weighted by Crippen LogP contribution is -2.10. The lowest BCUT2D eigenvalue weighted by atomic mass is 10.0. The van der Waals surface area contributed by atoms with Crippen LogP contribution >= 0.6 is 0 Å². The Morgan fingerprint density at radius 2 is 1.01 bits per heavy atom. The third-order valence-electron chi connectivity index (χ3n) is 13.0. The Kier molecular flexibility index (Phi) is 8.69. The van der Waals surface area contributed by atoms with E-state index in [0.29, 0.717) is 11.3 Å². The monoisotopic (exact) mass is 875 g/mol. The van der Waals surface area contributed by atoms with E-state index in [2.05, 4.69) is 116 Å². The Labute approximate surface area is 388 Å². The van der Waals surface area contributed by atoms with E-state index in [1.54, 1.807) is 0 Å². The van der Waals surface area contributed by atoms with E-state index >= 15 is 0 Å². The largest absolute Gasteiger partial charge is 0.454 e. The molecule has 0 unspecified atom stereocenters. The van der Waals surface area contributed by atoms with Gasteiger partial charge in [-0.05, 0) is 132 Å². The Bertz CT molecular complexity index is 4250. The van der Waals surface area contributed by atoms with Crippen LogP contribution in [0, 0.1) is 23.7 Å². The average molecular weight is 876 g/mol. The summed E-state index contributed by atoms with van der Waals surface area (Å²) in [7, 11) is 0. The van der Waals surface area contributed by atoms with E-state index in [0.717, 1.165) is 116 Å². The van der Waals surface area contributed by atoms with Crippen molar-refractivity contribution < 1.29 is 13.2 Å². The Morgan fingerprint density at radius 1 is 0.471 bits per heavy atom. The Hall–Kier alpha value is -9.63. The van der Waals surface area contributed by atoms with Gasteiger partial charge < -0.3 is 23.2 Å². The smallest absolute Gasteiger partial charge is 0.187 e. The second-order valence-corrected chi connectivity index (χ2v) is 16.9. The van der Waals surface area contributed by atoms with Crippen LogP contribution in [0.2, 0.25) is 0 Å². The van der Waals surface area contributed by atoms with Crippen LogP contribution in [0.3, 0.4) is 0 Å². The summed E-state index contributed by atoms with van der Waals surface area (Å²) in [5.74, 6) is -0.319. The maximum atomic E-state index is 14.7. The molecule has 3 heterocycles. The lowest BCUT2D eigenvalue weighted by Gasteiger charge is -2.26. The van der Waals surface area contributed by atoms with Gasteiger partial charge in [0.25, 0.3) is 0 Å². The van der Waals surface area contributed by atoms with Gasteiger partial charge in [0.05, 0.1) is 40.6 Å². The number of nitrogens with zero attached hydrogens (tertiary/aromatic N) is 5. The van der Waals surface area contributed by atoms with Crippen LogP contribution in [-0.4, -0.2) is 4.57 Å². The van der Waals surface area contributed by atoms with Gasteiger partial charge in [0.2, 0.25) is 0 Å². The molecule has 0 fully saturated rings. The van der Waals surface area contributed by atoms with Crippen molar-refractivity contribution in [1.29, 1.82) is 5.26 Å². The summed E-state index contributed by atoms with van der Waals surface area (Å²) >= 11 is 0. The molecule has 0 aliphatic rings. The molecule has 0 bridgehead atoms. The van der Waals surface area contributed by atoms with Gasteiger partial charge in [-0.2, -0.15) is 5.26 Å². The zero-order chi connectivity index (χ0) is 45.5. The van der Waals surface area contributed by atoms with Crippen LogP contribution in [0.25, 0.3) is 87.0 Å². The normalized spacial score (nSPS) is 11.6. The number of hydrogen-bond acceptors (Lipinski definition) is 5. The number of nitriles is 1. The molecule has 8 heteroatoms. The van der Waals surface area contributed by atoms with Crippen LogP contribution in [0.1, 0.15) is 5.56 Å². The molecular formula is C60H34FN5O2. The minimum atomic E-state index is -0.319. The fourth-order valence-electron chi connectivity index (χ4n) is 9.92. The van der Waals surface area contributed by atoms with Crippen molar-refractivity contribution in [2.75, 3.05) is 9.80 Å². The molecule has 13 aromatic rings. The molecule has 13 rings (SSSR count). The van der Waals surface area contributed by atoms with Gasteiger partial charge in [-0.25, -0.2) is 9.24 Å². The van der Waals surface area contributed by atoms with E-state index < -0.39 is 0 Å². The molecule has 68 heavy (non-hydrogen) atoms. The molecule has 0 aliphatic heterocycles. The first-order valence-electron chi connectivity index (χ1n) is 22.2. The molecule has 0 saturated heterocycles. The number of benzene rings is 10. The number of fused-ring (bicyclic) bond motifs is 10. The van der Waals surface area contributed by atoms with Gasteiger partial charge in [-0.1, -0.05) is 84.9 Å². The second-order valence-electron chi connectivity index (χ2n) is 16.9. The van der Waals surface area contributed by atoms with Gasteiger partial charge in [-0.3, -0.25) is 0 Å². The highest BCUT2D eigenvalue weighted by atomic mass is 19.1. The van der Waals surface area contributed by atoms with E-state index in [1.165, 1.54) is 12.1 Å². The topological polar surface area (TPSA) is 65.8 Å². The molecular weight excluding hydrogens is 842 g/mol. The predicted octanol–water partition coefficient (Wildman–Crippen LogP) is 17.2. The first-order valence-corrected chi connectivity index (χ1v) is 22.2. The highest BCUT2D eigenvalue weighted by Crippen LogP contribution is 2.46. The number of para-hydroxylation sites is 4. The predicted molar refractivity (Wildman–Crippen MR) is 273 cm³/mol. The van der Waals surface area contributed by atoms with Crippen LogP contribution in [0.5, 0.6) is 0 Å². The summed E-state index contributed by atoms with van der Waals surface area (Å²) in [6.45, 7) is 7.64. The number of halogens is 1. The third kappa shape index (κ3) is 6.10. The van der Waals surface area contributed by atoms with E-state index in [4.69, 9.17) is 15.4 Å². The van der Waals surface area contributed by atoms with Crippen LogP contribution in [-0.2, 0) is 0 Å². The molecule has 0 spiro atoms. The highest BCUT2D eigenvalue weighted by molar-refractivity contribution is 6.16. The summed E-state index contributed by atoms with van der Waals surface area (Å²) in [6, 6.07) is 70.0. The molecule has 7 nitrogen and oxygen atoms in total. The molecule has 0 aliphatic carbocycles. The zero-order valence-corrected chi connectivity index (χ0v) is 36.1. The first-order chi connectivity index (χ1) is 33.5. The van der Waals surface area contributed by atoms with Crippen molar-refractivity contribution >= 4 is 116 Å². The molecule has 10 aromatic carbocycles. The Balaban J connectivity index is 1.04. The van der Waals surface area contributed by atoms with Crippen molar-refractivity contribution in [1.82, 2.24) is 4.57 Å². The minimum Gasteiger partial charge on any atom is -0.454 e. The van der Waals surface area contributed by atoms with Crippen LogP contribution in [0.4, 0.5) is 44.2 Å². The summed E-state index contributed by atoms with van der Waals surface area (Å²) in [5, 5.41) is 17.9. The van der Waals surface area contributed by atoms with Crippen molar-refractivity contribution in [2.24, 2.45) is 0 Å². The lowest BCUT2D eigenvalue weighted by molar-refractivity contribution is 0.627. The summed E-state index contributed by atoms with van der Waals surface area (Å²) in [5.41, 5.74) is 12.1. The summed E-state index contributed by atoms with van der Waals surface area (Å²) in [4.78, 5) is 8.02. The minimum absolute atomic E-state index is 0.319. The molecule has 0 radical (unpaired) electrons. The van der Waals surface area contributed by atoms with Crippen molar-refractivity contribution in [3.63, 3.8) is 0 Å². The number of rotatable bonds is 7. The zero-order valence-electron chi connectivity index (χ0n) is 36.1. The van der Waals surface area contributed by atoms with E-state index in [-0.39, 0.29) is 5.82 Å².